The predicted molar refractivity (Wildman–Crippen MR) is 88.5 cm³/mol. The molecule has 1 fully saturated rings. The fourth-order valence-corrected chi connectivity index (χ4v) is 3.06. The third-order valence-corrected chi connectivity index (χ3v) is 4.12. The van der Waals surface area contributed by atoms with Gasteiger partial charge in [0.1, 0.15) is 0 Å². The summed E-state index contributed by atoms with van der Waals surface area (Å²) < 4.78 is 0. The summed E-state index contributed by atoms with van der Waals surface area (Å²) in [5.41, 5.74) is 0.448. The molecule has 1 aliphatic heterocycles. The molecule has 2 rings (SSSR count). The van der Waals surface area contributed by atoms with E-state index in [-0.39, 0.29) is 11.8 Å². The zero-order chi connectivity index (χ0) is 15.9. The molecule has 1 aromatic carbocycles. The van der Waals surface area contributed by atoms with Gasteiger partial charge in [0, 0.05) is 41.7 Å². The van der Waals surface area contributed by atoms with Crippen LogP contribution >= 0.6 is 23.2 Å². The van der Waals surface area contributed by atoms with Crippen LogP contribution in [0.1, 0.15) is 42.5 Å². The Kier molecular flexibility index (Phi) is 6.52. The molecule has 22 heavy (non-hydrogen) atoms. The summed E-state index contributed by atoms with van der Waals surface area (Å²) in [6, 6.07) is 4.76. The molecule has 0 unspecified atom stereocenters. The lowest BCUT2D eigenvalue weighted by Crippen LogP contribution is -2.34. The molecular formula is C16H20Cl2N2O2. The number of benzene rings is 1. The number of halogens is 2. The van der Waals surface area contributed by atoms with E-state index in [9.17, 15) is 9.59 Å². The van der Waals surface area contributed by atoms with Gasteiger partial charge in [0.25, 0.3) is 5.91 Å². The van der Waals surface area contributed by atoms with Gasteiger partial charge in [0.05, 0.1) is 0 Å². The molecule has 1 saturated heterocycles. The molecule has 0 radical (unpaired) electrons. The van der Waals surface area contributed by atoms with E-state index in [0.717, 1.165) is 32.2 Å². The molecule has 0 bridgehead atoms. The van der Waals surface area contributed by atoms with Crippen LogP contribution in [-0.4, -0.2) is 36.3 Å². The number of carbonyl (C=O) groups is 2. The van der Waals surface area contributed by atoms with Gasteiger partial charge in [-0.1, -0.05) is 29.6 Å². The molecule has 1 N–H and O–H groups in total. The molecule has 4 nitrogen and oxygen atoms in total. The molecule has 0 aromatic heterocycles. The maximum absolute atomic E-state index is 12.0. The maximum atomic E-state index is 12.0. The van der Waals surface area contributed by atoms with E-state index >= 15 is 0 Å². The Labute approximate surface area is 140 Å². The molecule has 0 spiro atoms. The van der Waals surface area contributed by atoms with Crippen molar-refractivity contribution in [2.45, 2.75) is 32.1 Å². The average molecular weight is 343 g/mol. The number of nitrogens with zero attached hydrogens (tertiary/aromatic N) is 1. The van der Waals surface area contributed by atoms with Crippen LogP contribution in [0.5, 0.6) is 0 Å². The molecule has 1 aromatic rings. The highest BCUT2D eigenvalue weighted by molar-refractivity contribution is 6.35. The lowest BCUT2D eigenvalue weighted by atomic mass is 10.2. The number of amides is 2. The highest BCUT2D eigenvalue weighted by Crippen LogP contribution is 2.19. The summed E-state index contributed by atoms with van der Waals surface area (Å²) in [6.07, 6.45) is 4.56. The van der Waals surface area contributed by atoms with Gasteiger partial charge in [-0.2, -0.15) is 0 Å². The fourth-order valence-electron chi connectivity index (χ4n) is 2.53. The van der Waals surface area contributed by atoms with E-state index in [0.29, 0.717) is 35.1 Å². The predicted octanol–water partition coefficient (Wildman–Crippen LogP) is 3.52. The second-order valence-electron chi connectivity index (χ2n) is 5.46. The van der Waals surface area contributed by atoms with Crippen molar-refractivity contribution in [3.8, 4) is 0 Å². The summed E-state index contributed by atoms with van der Waals surface area (Å²) >= 11 is 11.8. The van der Waals surface area contributed by atoms with E-state index in [1.54, 1.807) is 18.2 Å². The highest BCUT2D eigenvalue weighted by atomic mass is 35.5. The van der Waals surface area contributed by atoms with Crippen molar-refractivity contribution in [1.82, 2.24) is 10.2 Å². The maximum Gasteiger partial charge on any atom is 0.251 e. The number of hydrogen-bond donors (Lipinski definition) is 1. The van der Waals surface area contributed by atoms with Crippen LogP contribution in [-0.2, 0) is 4.79 Å². The van der Waals surface area contributed by atoms with Gasteiger partial charge < -0.3 is 10.2 Å². The quantitative estimate of drug-likeness (QED) is 0.832. The summed E-state index contributed by atoms with van der Waals surface area (Å²) in [5.74, 6) is 0.0250. The van der Waals surface area contributed by atoms with E-state index < -0.39 is 0 Å². The first-order valence-corrected chi connectivity index (χ1v) is 8.34. The monoisotopic (exact) mass is 342 g/mol. The van der Waals surface area contributed by atoms with Gasteiger partial charge in [-0.25, -0.2) is 0 Å². The molecule has 1 aliphatic rings. The number of hydrogen-bond acceptors (Lipinski definition) is 2. The van der Waals surface area contributed by atoms with Crippen molar-refractivity contribution in [3.05, 3.63) is 33.8 Å². The van der Waals surface area contributed by atoms with Gasteiger partial charge in [-0.05, 0) is 37.5 Å². The SMILES string of the molecule is O=C(NCCCN1CCCCCC1=O)c1cc(Cl)cc(Cl)c1. The van der Waals surface area contributed by atoms with Gasteiger partial charge in [0.2, 0.25) is 5.91 Å². The molecular weight excluding hydrogens is 323 g/mol. The van der Waals surface area contributed by atoms with Crippen LogP contribution in [0.2, 0.25) is 10.0 Å². The van der Waals surface area contributed by atoms with E-state index in [1.165, 1.54) is 0 Å². The third kappa shape index (κ3) is 5.18. The van der Waals surface area contributed by atoms with Crippen molar-refractivity contribution < 1.29 is 9.59 Å². The van der Waals surface area contributed by atoms with Crippen LogP contribution in [0.15, 0.2) is 18.2 Å². The lowest BCUT2D eigenvalue weighted by molar-refractivity contribution is -0.130. The van der Waals surface area contributed by atoms with Crippen LogP contribution in [0.3, 0.4) is 0 Å². The minimum Gasteiger partial charge on any atom is -0.352 e. The Morgan fingerprint density at radius 1 is 1.14 bits per heavy atom. The van der Waals surface area contributed by atoms with Crippen LogP contribution in [0.25, 0.3) is 0 Å². The first-order valence-electron chi connectivity index (χ1n) is 7.58. The van der Waals surface area contributed by atoms with Crippen LogP contribution in [0.4, 0.5) is 0 Å². The Hall–Kier alpha value is -1.26. The van der Waals surface area contributed by atoms with Crippen molar-refractivity contribution in [2.24, 2.45) is 0 Å². The first-order chi connectivity index (χ1) is 10.6. The average Bonchev–Trinajstić information content (AvgIpc) is 2.67. The molecule has 2 amide bonds. The summed E-state index contributed by atoms with van der Waals surface area (Å²) in [6.45, 7) is 2.04. The smallest absolute Gasteiger partial charge is 0.251 e. The second-order valence-corrected chi connectivity index (χ2v) is 6.33. The van der Waals surface area contributed by atoms with Crippen LogP contribution in [0, 0.1) is 0 Å². The molecule has 0 saturated carbocycles. The number of likely N-dealkylation sites (tertiary alicyclic amines) is 1. The first kappa shape index (κ1) is 17.1. The number of carbonyl (C=O) groups excluding carboxylic acids is 2. The van der Waals surface area contributed by atoms with Crippen molar-refractivity contribution >= 4 is 35.0 Å². The molecule has 120 valence electrons. The zero-order valence-electron chi connectivity index (χ0n) is 12.4. The minimum absolute atomic E-state index is 0.202. The van der Waals surface area contributed by atoms with Crippen molar-refractivity contribution in [2.75, 3.05) is 19.6 Å². The summed E-state index contributed by atoms with van der Waals surface area (Å²) in [7, 11) is 0. The van der Waals surface area contributed by atoms with Crippen LogP contribution < -0.4 is 5.32 Å². The summed E-state index contributed by atoms with van der Waals surface area (Å²) in [4.78, 5) is 25.8. The number of rotatable bonds is 5. The Morgan fingerprint density at radius 3 is 2.59 bits per heavy atom. The topological polar surface area (TPSA) is 49.4 Å². The molecule has 0 atom stereocenters. The largest absolute Gasteiger partial charge is 0.352 e. The Morgan fingerprint density at radius 2 is 1.86 bits per heavy atom. The number of nitrogens with one attached hydrogen (secondary N) is 1. The normalized spacial score (nSPS) is 15.5. The Balaban J connectivity index is 1.76. The van der Waals surface area contributed by atoms with Crippen molar-refractivity contribution in [1.29, 1.82) is 0 Å². The van der Waals surface area contributed by atoms with E-state index in [4.69, 9.17) is 23.2 Å². The molecule has 6 heteroatoms. The molecule has 1 heterocycles. The molecule has 0 aliphatic carbocycles. The van der Waals surface area contributed by atoms with E-state index in [1.807, 2.05) is 4.90 Å². The van der Waals surface area contributed by atoms with Gasteiger partial charge >= 0.3 is 0 Å². The standard InChI is InChI=1S/C16H20Cl2N2O2/c17-13-9-12(10-14(18)11-13)16(22)19-6-4-8-20-7-3-1-2-5-15(20)21/h9-11H,1-8H2,(H,19,22). The van der Waals surface area contributed by atoms with Crippen molar-refractivity contribution in [3.63, 3.8) is 0 Å². The lowest BCUT2D eigenvalue weighted by Gasteiger charge is -2.20. The fraction of sp³-hybridized carbons (Fsp3) is 0.500. The Bertz CT molecular complexity index is 529. The van der Waals surface area contributed by atoms with Gasteiger partial charge in [-0.3, -0.25) is 9.59 Å². The zero-order valence-corrected chi connectivity index (χ0v) is 13.9. The highest BCUT2D eigenvalue weighted by Gasteiger charge is 2.15. The van der Waals surface area contributed by atoms with E-state index in [2.05, 4.69) is 5.32 Å². The third-order valence-electron chi connectivity index (χ3n) is 3.69. The summed E-state index contributed by atoms with van der Waals surface area (Å²) in [5, 5.41) is 3.70. The second kappa shape index (κ2) is 8.39. The minimum atomic E-state index is -0.202. The van der Waals surface area contributed by atoms with Gasteiger partial charge in [0.15, 0.2) is 0 Å². The van der Waals surface area contributed by atoms with Gasteiger partial charge in [-0.15, -0.1) is 0 Å².